The van der Waals surface area contributed by atoms with Crippen molar-refractivity contribution in [2.75, 3.05) is 7.11 Å². The molecular formula is C18H22FN3O2. The van der Waals surface area contributed by atoms with E-state index in [1.54, 1.807) is 23.9 Å². The Bertz CT molecular complexity index is 770. The first kappa shape index (κ1) is 16.5. The molecule has 1 aromatic heterocycles. The van der Waals surface area contributed by atoms with Crippen molar-refractivity contribution in [2.45, 2.75) is 38.6 Å². The van der Waals surface area contributed by atoms with Crippen LogP contribution in [0.2, 0.25) is 0 Å². The first-order valence-corrected chi connectivity index (χ1v) is 8.20. The molecule has 0 bridgehead atoms. The summed E-state index contributed by atoms with van der Waals surface area (Å²) >= 11 is 0. The largest absolute Gasteiger partial charge is 0.494 e. The van der Waals surface area contributed by atoms with Crippen LogP contribution in [0, 0.1) is 5.82 Å². The molecular weight excluding hydrogens is 309 g/mol. The first-order valence-electron chi connectivity index (χ1n) is 8.20. The van der Waals surface area contributed by atoms with Gasteiger partial charge in [0, 0.05) is 12.6 Å². The Kier molecular flexibility index (Phi) is 4.55. The highest BCUT2D eigenvalue weighted by Gasteiger charge is 2.25. The highest BCUT2D eigenvalue weighted by molar-refractivity contribution is 5.94. The molecule has 0 saturated carbocycles. The second kappa shape index (κ2) is 6.63. The summed E-state index contributed by atoms with van der Waals surface area (Å²) in [6.07, 6.45) is 4.01. The second-order valence-electron chi connectivity index (χ2n) is 6.19. The summed E-state index contributed by atoms with van der Waals surface area (Å²) < 4.78 is 20.4. The molecule has 1 amide bonds. The normalized spacial score (nSPS) is 14.8. The van der Waals surface area contributed by atoms with E-state index in [2.05, 4.69) is 10.4 Å². The van der Waals surface area contributed by atoms with Gasteiger partial charge in [-0.15, -0.1) is 0 Å². The highest BCUT2D eigenvalue weighted by atomic mass is 19.1. The van der Waals surface area contributed by atoms with Crippen LogP contribution >= 0.6 is 0 Å². The zero-order valence-electron chi connectivity index (χ0n) is 14.2. The number of carbonyl (C=O) groups excluding carboxylic acids is 1. The number of hydrogen-bond donors (Lipinski definition) is 1. The number of nitrogens with zero attached hydrogens (tertiary/aromatic N) is 2. The number of aryl methyl sites for hydroxylation is 2. The highest BCUT2D eigenvalue weighted by Crippen LogP contribution is 2.25. The summed E-state index contributed by atoms with van der Waals surface area (Å²) in [7, 11) is 3.22. The summed E-state index contributed by atoms with van der Waals surface area (Å²) in [6, 6.07) is 4.40. The molecule has 1 heterocycles. The lowest BCUT2D eigenvalue weighted by Gasteiger charge is -2.17. The topological polar surface area (TPSA) is 56.1 Å². The van der Waals surface area contributed by atoms with Gasteiger partial charge in [-0.25, -0.2) is 4.39 Å². The Balaban J connectivity index is 1.80. The van der Waals surface area contributed by atoms with Crippen molar-refractivity contribution in [2.24, 2.45) is 7.05 Å². The van der Waals surface area contributed by atoms with E-state index in [1.807, 2.05) is 6.92 Å². The molecule has 1 N–H and O–H groups in total. The molecule has 128 valence electrons. The average molecular weight is 331 g/mol. The molecule has 5 nitrogen and oxygen atoms in total. The van der Waals surface area contributed by atoms with Crippen molar-refractivity contribution in [3.8, 4) is 5.75 Å². The van der Waals surface area contributed by atoms with Crippen LogP contribution in [-0.2, 0) is 19.9 Å². The average Bonchev–Trinajstić information content (AvgIpc) is 2.90. The summed E-state index contributed by atoms with van der Waals surface area (Å²) in [6.45, 7) is 1.84. The molecule has 0 radical (unpaired) electrons. The minimum absolute atomic E-state index is 0.170. The van der Waals surface area contributed by atoms with Gasteiger partial charge in [0.1, 0.15) is 5.69 Å². The molecule has 1 aromatic carbocycles. The van der Waals surface area contributed by atoms with Crippen LogP contribution in [0.5, 0.6) is 5.75 Å². The third-order valence-electron chi connectivity index (χ3n) is 4.56. The standard InChI is InChI=1S/C18H22FN3O2/c1-11(12-8-9-16(24-3)14(19)10-12)20-18(23)17-13-6-4-5-7-15(13)21-22(17)2/h8-11H,4-7H2,1-3H3,(H,20,23)/t11-/m1/s1. The molecule has 1 aliphatic rings. The third-order valence-corrected chi connectivity index (χ3v) is 4.56. The molecule has 0 aliphatic heterocycles. The summed E-state index contributed by atoms with van der Waals surface area (Å²) in [4.78, 5) is 12.7. The van der Waals surface area contributed by atoms with E-state index in [0.717, 1.165) is 36.9 Å². The Labute approximate surface area is 140 Å². The van der Waals surface area contributed by atoms with Crippen molar-refractivity contribution in [1.29, 1.82) is 0 Å². The Morgan fingerprint density at radius 3 is 2.83 bits per heavy atom. The molecule has 1 aliphatic carbocycles. The molecule has 0 fully saturated rings. The monoisotopic (exact) mass is 331 g/mol. The zero-order chi connectivity index (χ0) is 17.3. The molecule has 6 heteroatoms. The maximum Gasteiger partial charge on any atom is 0.270 e. The Hall–Kier alpha value is -2.37. The van der Waals surface area contributed by atoms with Gasteiger partial charge in [0.15, 0.2) is 11.6 Å². The number of ether oxygens (including phenoxy) is 1. The van der Waals surface area contributed by atoms with Gasteiger partial charge in [0.25, 0.3) is 5.91 Å². The molecule has 3 rings (SSSR count). The van der Waals surface area contributed by atoms with Crippen LogP contribution in [0.15, 0.2) is 18.2 Å². The minimum Gasteiger partial charge on any atom is -0.494 e. The number of nitrogens with one attached hydrogen (secondary N) is 1. The summed E-state index contributed by atoms with van der Waals surface area (Å²) in [5.74, 6) is -0.413. The molecule has 0 spiro atoms. The van der Waals surface area contributed by atoms with Crippen LogP contribution in [0.25, 0.3) is 0 Å². The number of methoxy groups -OCH3 is 1. The summed E-state index contributed by atoms with van der Waals surface area (Å²) in [5, 5.41) is 7.42. The van der Waals surface area contributed by atoms with E-state index in [1.165, 1.54) is 13.2 Å². The van der Waals surface area contributed by atoms with Gasteiger partial charge in [-0.05, 0) is 50.3 Å². The SMILES string of the molecule is COc1ccc([C@@H](C)NC(=O)c2c3c(nn2C)CCCC3)cc1F. The second-order valence-corrected chi connectivity index (χ2v) is 6.19. The quantitative estimate of drug-likeness (QED) is 0.937. The lowest BCUT2D eigenvalue weighted by Crippen LogP contribution is -2.29. The van der Waals surface area contributed by atoms with Crippen LogP contribution in [0.4, 0.5) is 4.39 Å². The maximum absolute atomic E-state index is 13.9. The third kappa shape index (κ3) is 3.00. The number of hydrogen-bond acceptors (Lipinski definition) is 3. The minimum atomic E-state index is -0.436. The molecule has 0 saturated heterocycles. The predicted molar refractivity (Wildman–Crippen MR) is 88.7 cm³/mol. The number of benzene rings is 1. The van der Waals surface area contributed by atoms with Crippen molar-refractivity contribution < 1.29 is 13.9 Å². The van der Waals surface area contributed by atoms with Crippen LogP contribution in [-0.4, -0.2) is 22.8 Å². The zero-order valence-corrected chi connectivity index (χ0v) is 14.2. The Morgan fingerprint density at radius 2 is 2.12 bits per heavy atom. The van der Waals surface area contributed by atoms with Crippen LogP contribution in [0.1, 0.15) is 53.1 Å². The van der Waals surface area contributed by atoms with Gasteiger partial charge in [-0.3, -0.25) is 9.48 Å². The fourth-order valence-corrected chi connectivity index (χ4v) is 3.27. The number of halogens is 1. The molecule has 0 unspecified atom stereocenters. The fourth-order valence-electron chi connectivity index (χ4n) is 3.27. The van der Waals surface area contributed by atoms with E-state index in [9.17, 15) is 9.18 Å². The number of amides is 1. The number of aromatic nitrogens is 2. The van der Waals surface area contributed by atoms with E-state index in [4.69, 9.17) is 4.74 Å². The predicted octanol–water partition coefficient (Wildman–Crippen LogP) is 2.94. The molecule has 24 heavy (non-hydrogen) atoms. The van der Waals surface area contributed by atoms with Crippen molar-refractivity contribution >= 4 is 5.91 Å². The van der Waals surface area contributed by atoms with Crippen molar-refractivity contribution in [3.05, 3.63) is 46.5 Å². The van der Waals surface area contributed by atoms with Gasteiger partial charge in [-0.1, -0.05) is 6.07 Å². The van der Waals surface area contributed by atoms with E-state index in [0.29, 0.717) is 11.3 Å². The number of carbonyl (C=O) groups is 1. The first-order chi connectivity index (χ1) is 11.5. The van der Waals surface area contributed by atoms with Gasteiger partial charge < -0.3 is 10.1 Å². The Morgan fingerprint density at radius 1 is 1.38 bits per heavy atom. The lowest BCUT2D eigenvalue weighted by molar-refractivity contribution is 0.0929. The van der Waals surface area contributed by atoms with Crippen LogP contribution in [0.3, 0.4) is 0 Å². The van der Waals surface area contributed by atoms with Crippen molar-refractivity contribution in [3.63, 3.8) is 0 Å². The number of fused-ring (bicyclic) bond motifs is 1. The van der Waals surface area contributed by atoms with E-state index in [-0.39, 0.29) is 17.7 Å². The number of rotatable bonds is 4. The fraction of sp³-hybridized carbons (Fsp3) is 0.444. The summed E-state index contributed by atoms with van der Waals surface area (Å²) in [5.41, 5.74) is 3.38. The maximum atomic E-state index is 13.9. The van der Waals surface area contributed by atoms with Crippen LogP contribution < -0.4 is 10.1 Å². The van der Waals surface area contributed by atoms with E-state index >= 15 is 0 Å². The molecule has 1 atom stereocenters. The lowest BCUT2D eigenvalue weighted by atomic mass is 9.95. The van der Waals surface area contributed by atoms with E-state index < -0.39 is 5.82 Å². The van der Waals surface area contributed by atoms with Gasteiger partial charge in [0.05, 0.1) is 18.8 Å². The molecule has 2 aromatic rings. The van der Waals surface area contributed by atoms with Gasteiger partial charge >= 0.3 is 0 Å². The van der Waals surface area contributed by atoms with Crippen molar-refractivity contribution in [1.82, 2.24) is 15.1 Å². The smallest absolute Gasteiger partial charge is 0.270 e. The van der Waals surface area contributed by atoms with Gasteiger partial charge in [-0.2, -0.15) is 5.10 Å². The van der Waals surface area contributed by atoms with Gasteiger partial charge in [0.2, 0.25) is 0 Å².